The lowest BCUT2D eigenvalue weighted by atomic mass is 9.73. The van der Waals surface area contributed by atoms with Crippen molar-refractivity contribution in [2.75, 3.05) is 0 Å². The number of halogens is 2. The lowest BCUT2D eigenvalue weighted by Crippen LogP contribution is -2.45. The molecule has 0 saturated carbocycles. The molecule has 190 valence electrons. The highest BCUT2D eigenvalue weighted by Gasteiger charge is 2.41. The van der Waals surface area contributed by atoms with Crippen molar-refractivity contribution in [3.05, 3.63) is 106 Å². The highest BCUT2D eigenvalue weighted by Crippen LogP contribution is 2.42. The molecular weight excluding hydrogens is 491 g/mol. The van der Waals surface area contributed by atoms with Crippen LogP contribution in [0.25, 0.3) is 10.9 Å². The van der Waals surface area contributed by atoms with Crippen LogP contribution in [0.4, 0.5) is 4.39 Å². The maximum Gasteiger partial charge on any atom is 0.323 e. The van der Waals surface area contributed by atoms with Crippen molar-refractivity contribution in [3.63, 3.8) is 0 Å². The van der Waals surface area contributed by atoms with Crippen LogP contribution in [0.15, 0.2) is 72.8 Å². The number of carbonyl (C=O) groups excluding carboxylic acids is 1. The fourth-order valence-electron chi connectivity index (χ4n) is 5.52. The zero-order valence-corrected chi connectivity index (χ0v) is 21.3. The third-order valence-corrected chi connectivity index (χ3v) is 7.60. The van der Waals surface area contributed by atoms with Crippen LogP contribution in [0.2, 0.25) is 5.02 Å². The smallest absolute Gasteiger partial charge is 0.323 e. The summed E-state index contributed by atoms with van der Waals surface area (Å²) in [4.78, 5) is 27.5. The Kier molecular flexibility index (Phi) is 6.78. The monoisotopic (exact) mass is 518 g/mol. The molecule has 1 N–H and O–H groups in total. The van der Waals surface area contributed by atoms with Gasteiger partial charge in [0.05, 0.1) is 5.41 Å². The Morgan fingerprint density at radius 2 is 1.78 bits per heavy atom. The molecule has 1 unspecified atom stereocenters. The average Bonchev–Trinajstić information content (AvgIpc) is 3.17. The van der Waals surface area contributed by atoms with E-state index >= 15 is 0 Å². The first-order valence-corrected chi connectivity index (χ1v) is 12.7. The third kappa shape index (κ3) is 4.98. The van der Waals surface area contributed by atoms with Crippen LogP contribution >= 0.6 is 11.6 Å². The van der Waals surface area contributed by atoms with E-state index in [2.05, 4.69) is 0 Å². The van der Waals surface area contributed by atoms with E-state index < -0.39 is 17.2 Å². The number of carboxylic acid groups (broad SMARTS) is 1. The molecule has 0 radical (unpaired) electrons. The summed E-state index contributed by atoms with van der Waals surface area (Å²) in [7, 11) is 0. The zero-order chi connectivity index (χ0) is 26.2. The van der Waals surface area contributed by atoms with E-state index in [0.717, 1.165) is 27.7 Å². The second kappa shape index (κ2) is 10.0. The molecule has 37 heavy (non-hydrogen) atoms. The highest BCUT2D eigenvalue weighted by molar-refractivity contribution is 6.30. The second-order valence-electron chi connectivity index (χ2n) is 10.0. The number of rotatable bonds is 7. The molecule has 3 aromatic carbocycles. The number of para-hydroxylation sites is 1. The van der Waals surface area contributed by atoms with Gasteiger partial charge in [-0.1, -0.05) is 73.1 Å². The normalized spacial score (nSPS) is 16.9. The molecule has 4 aromatic rings. The molecule has 0 fully saturated rings. The molecule has 5 rings (SSSR count). The predicted molar refractivity (Wildman–Crippen MR) is 142 cm³/mol. The van der Waals surface area contributed by atoms with E-state index in [1.54, 1.807) is 17.0 Å². The zero-order valence-electron chi connectivity index (χ0n) is 20.6. The number of aliphatic carboxylic acids is 1. The lowest BCUT2D eigenvalue weighted by Gasteiger charge is -2.38. The van der Waals surface area contributed by atoms with Gasteiger partial charge in [-0.25, -0.2) is 4.39 Å². The average molecular weight is 519 g/mol. The molecule has 1 aromatic heterocycles. The van der Waals surface area contributed by atoms with E-state index in [1.165, 1.54) is 6.07 Å². The number of hydrogen-bond donors (Lipinski definition) is 1. The summed E-state index contributed by atoms with van der Waals surface area (Å²) in [5.74, 6) is -1.38. The van der Waals surface area contributed by atoms with Gasteiger partial charge in [-0.05, 0) is 48.6 Å². The minimum absolute atomic E-state index is 0.0496. The van der Waals surface area contributed by atoms with Crippen molar-refractivity contribution in [3.8, 4) is 0 Å². The summed E-state index contributed by atoms with van der Waals surface area (Å²) >= 11 is 5.96. The van der Waals surface area contributed by atoms with E-state index in [0.29, 0.717) is 36.4 Å². The Bertz CT molecular complexity index is 1480. The number of nitrogens with zero attached hydrogens (tertiary/aromatic N) is 2. The van der Waals surface area contributed by atoms with E-state index in [4.69, 9.17) is 11.6 Å². The Hall–Kier alpha value is -3.64. The van der Waals surface area contributed by atoms with Gasteiger partial charge >= 0.3 is 5.97 Å². The number of amides is 1. The van der Waals surface area contributed by atoms with Gasteiger partial charge in [-0.3, -0.25) is 9.59 Å². The van der Waals surface area contributed by atoms with Crippen LogP contribution < -0.4 is 0 Å². The Morgan fingerprint density at radius 1 is 1.05 bits per heavy atom. The van der Waals surface area contributed by atoms with Crippen LogP contribution in [0.1, 0.15) is 35.7 Å². The Balaban J connectivity index is 1.51. The van der Waals surface area contributed by atoms with Gasteiger partial charge in [0.15, 0.2) is 0 Å². The molecule has 7 heteroatoms. The summed E-state index contributed by atoms with van der Waals surface area (Å²) in [5.41, 5.74) is 3.53. The minimum atomic E-state index is -0.896. The summed E-state index contributed by atoms with van der Waals surface area (Å²) in [6.45, 7) is 2.33. The topological polar surface area (TPSA) is 62.5 Å². The molecule has 0 saturated heterocycles. The quantitative estimate of drug-likeness (QED) is 0.315. The van der Waals surface area contributed by atoms with E-state index in [1.807, 2.05) is 66.1 Å². The van der Waals surface area contributed by atoms with Crippen molar-refractivity contribution < 1.29 is 19.1 Å². The van der Waals surface area contributed by atoms with Gasteiger partial charge in [0, 0.05) is 40.3 Å². The van der Waals surface area contributed by atoms with Crippen molar-refractivity contribution in [2.24, 2.45) is 5.41 Å². The highest BCUT2D eigenvalue weighted by atomic mass is 35.5. The third-order valence-electron chi connectivity index (χ3n) is 7.36. The summed E-state index contributed by atoms with van der Waals surface area (Å²) in [5, 5.41) is 10.8. The van der Waals surface area contributed by atoms with Crippen molar-refractivity contribution in [2.45, 2.75) is 45.8 Å². The van der Waals surface area contributed by atoms with Gasteiger partial charge in [-0.15, -0.1) is 0 Å². The maximum absolute atomic E-state index is 14.8. The Morgan fingerprint density at radius 3 is 2.51 bits per heavy atom. The molecule has 0 aliphatic heterocycles. The van der Waals surface area contributed by atoms with Gasteiger partial charge in [0.2, 0.25) is 5.91 Å². The largest absolute Gasteiger partial charge is 0.480 e. The SMILES string of the molecule is CC1(C(=O)N(Cc2ccccc2)Cc2ccc(Cl)cc2F)CCc2c(c3ccccc3n2CC(=O)O)C1. The molecule has 5 nitrogen and oxygen atoms in total. The second-order valence-corrected chi connectivity index (χ2v) is 10.5. The van der Waals surface area contributed by atoms with Gasteiger partial charge in [0.25, 0.3) is 0 Å². The van der Waals surface area contributed by atoms with Crippen molar-refractivity contribution in [1.82, 2.24) is 9.47 Å². The number of hydrogen-bond acceptors (Lipinski definition) is 2. The molecule has 1 aliphatic carbocycles. The van der Waals surface area contributed by atoms with Gasteiger partial charge < -0.3 is 14.6 Å². The lowest BCUT2D eigenvalue weighted by molar-refractivity contribution is -0.143. The van der Waals surface area contributed by atoms with Crippen molar-refractivity contribution >= 4 is 34.4 Å². The standard InChI is InChI=1S/C30H28ClFN2O3/c1-30(14-13-27-24(16-30)23-9-5-6-10-26(23)34(27)19-28(35)36)29(37)33(17-20-7-3-2-4-8-20)18-21-11-12-22(31)15-25(21)32/h2-12,15H,13-14,16-19H2,1H3,(H,35,36). The number of carboxylic acids is 1. The molecular formula is C30H28ClFN2O3. The minimum Gasteiger partial charge on any atom is -0.480 e. The Labute approximate surface area is 220 Å². The van der Waals surface area contributed by atoms with Crippen LogP contribution in [-0.2, 0) is 42.1 Å². The van der Waals surface area contributed by atoms with Crippen LogP contribution in [-0.4, -0.2) is 26.5 Å². The fraction of sp³-hybridized carbons (Fsp3) is 0.267. The van der Waals surface area contributed by atoms with E-state index in [9.17, 15) is 19.1 Å². The molecule has 1 heterocycles. The predicted octanol–water partition coefficient (Wildman–Crippen LogP) is 6.24. The summed E-state index contributed by atoms with van der Waals surface area (Å²) in [6.07, 6.45) is 1.65. The number of benzene rings is 3. The van der Waals surface area contributed by atoms with Gasteiger partial charge in [-0.2, -0.15) is 0 Å². The van der Waals surface area contributed by atoms with Gasteiger partial charge in [0.1, 0.15) is 12.4 Å². The number of aromatic nitrogens is 1. The molecule has 1 aliphatic rings. The fourth-order valence-corrected chi connectivity index (χ4v) is 5.68. The molecule has 1 amide bonds. The summed E-state index contributed by atoms with van der Waals surface area (Å²) < 4.78 is 16.6. The molecule has 0 bridgehead atoms. The van der Waals surface area contributed by atoms with Crippen LogP contribution in [0.5, 0.6) is 0 Å². The molecule has 0 spiro atoms. The first-order valence-electron chi connectivity index (χ1n) is 12.3. The van der Waals surface area contributed by atoms with Crippen molar-refractivity contribution in [1.29, 1.82) is 0 Å². The number of carbonyl (C=O) groups is 2. The summed E-state index contributed by atoms with van der Waals surface area (Å²) in [6, 6.07) is 22.0. The maximum atomic E-state index is 14.8. The van der Waals surface area contributed by atoms with E-state index in [-0.39, 0.29) is 19.0 Å². The first-order chi connectivity index (χ1) is 17.7. The number of fused-ring (bicyclic) bond motifs is 3. The van der Waals surface area contributed by atoms with Crippen LogP contribution in [0.3, 0.4) is 0 Å². The first kappa shape index (κ1) is 25.0. The molecule has 1 atom stereocenters. The van der Waals surface area contributed by atoms with Crippen LogP contribution in [0, 0.1) is 11.2 Å².